The summed E-state index contributed by atoms with van der Waals surface area (Å²) < 4.78 is 89.1. The number of nitrogens with zero attached hydrogens (tertiary/aromatic N) is 2. The predicted octanol–water partition coefficient (Wildman–Crippen LogP) is 1.49. The van der Waals surface area contributed by atoms with E-state index in [0.717, 1.165) is 25.3 Å². The summed E-state index contributed by atoms with van der Waals surface area (Å²) in [6, 6.07) is 2.06. The van der Waals surface area contributed by atoms with E-state index in [9.17, 15) is 35.6 Å². The Hall–Kier alpha value is -3.69. The number of alkyl halides is 4. The van der Waals surface area contributed by atoms with E-state index in [1.165, 1.54) is 4.72 Å². The first kappa shape index (κ1) is 23.6. The SMILES string of the molecule is COC(=O)c1c(-c2nc(OC(F)F)cc(OC(F)F)n2)cccc1S(=O)(=O)NC(N)=O. The van der Waals surface area contributed by atoms with Gasteiger partial charge in [-0.1, -0.05) is 12.1 Å². The van der Waals surface area contributed by atoms with Gasteiger partial charge in [-0.25, -0.2) is 22.7 Å². The number of hydrogen-bond acceptors (Lipinski definition) is 9. The molecule has 31 heavy (non-hydrogen) atoms. The molecule has 0 saturated carbocycles. The van der Waals surface area contributed by atoms with E-state index in [2.05, 4.69) is 24.2 Å². The second-order valence-electron chi connectivity index (χ2n) is 5.27. The number of carbonyl (C=O) groups excluding carboxylic acids is 2. The highest BCUT2D eigenvalue weighted by molar-refractivity contribution is 7.90. The Labute approximate surface area is 171 Å². The third-order valence-corrected chi connectivity index (χ3v) is 4.67. The van der Waals surface area contributed by atoms with Crippen LogP contribution in [0.3, 0.4) is 0 Å². The minimum absolute atomic E-state index is 0.460. The van der Waals surface area contributed by atoms with Crippen LogP contribution in [0.15, 0.2) is 29.2 Å². The number of sulfonamides is 1. The Balaban J connectivity index is 2.79. The van der Waals surface area contributed by atoms with Crippen molar-refractivity contribution < 1.29 is 49.8 Å². The van der Waals surface area contributed by atoms with Crippen molar-refractivity contribution in [3.8, 4) is 23.1 Å². The van der Waals surface area contributed by atoms with Crippen molar-refractivity contribution in [3.05, 3.63) is 29.8 Å². The molecule has 0 spiro atoms. The zero-order valence-electron chi connectivity index (χ0n) is 15.2. The summed E-state index contributed by atoms with van der Waals surface area (Å²) in [4.78, 5) is 29.6. The minimum atomic E-state index is -4.72. The van der Waals surface area contributed by atoms with Crippen LogP contribution < -0.4 is 19.9 Å². The molecule has 0 aliphatic rings. The molecule has 0 radical (unpaired) electrons. The fourth-order valence-corrected chi connectivity index (χ4v) is 3.36. The van der Waals surface area contributed by atoms with Crippen LogP contribution in [-0.4, -0.2) is 50.7 Å². The number of amides is 2. The summed E-state index contributed by atoms with van der Waals surface area (Å²) in [6.07, 6.45) is 0. The number of nitrogens with two attached hydrogens (primary N) is 1. The molecule has 0 aliphatic carbocycles. The van der Waals surface area contributed by atoms with E-state index >= 15 is 0 Å². The number of urea groups is 1. The first-order chi connectivity index (χ1) is 14.4. The third kappa shape index (κ3) is 5.91. The van der Waals surface area contributed by atoms with Gasteiger partial charge in [0, 0.05) is 5.56 Å². The van der Waals surface area contributed by atoms with Crippen LogP contribution in [0.1, 0.15) is 10.4 Å². The normalized spacial score (nSPS) is 11.3. The molecular formula is C15H12F4N4O7S. The van der Waals surface area contributed by atoms with Crippen molar-refractivity contribution in [1.82, 2.24) is 14.7 Å². The van der Waals surface area contributed by atoms with Crippen molar-refractivity contribution in [3.63, 3.8) is 0 Å². The van der Waals surface area contributed by atoms with E-state index in [0.29, 0.717) is 6.07 Å². The van der Waals surface area contributed by atoms with Gasteiger partial charge in [-0.2, -0.15) is 27.5 Å². The van der Waals surface area contributed by atoms with Gasteiger partial charge in [-0.15, -0.1) is 0 Å². The molecule has 1 aromatic carbocycles. The molecule has 2 rings (SSSR count). The number of methoxy groups -OCH3 is 1. The Morgan fingerprint density at radius 3 is 2.06 bits per heavy atom. The van der Waals surface area contributed by atoms with Crippen molar-refractivity contribution in [1.29, 1.82) is 0 Å². The van der Waals surface area contributed by atoms with Gasteiger partial charge in [-0.05, 0) is 6.07 Å². The number of primary amides is 1. The molecule has 0 atom stereocenters. The zero-order chi connectivity index (χ0) is 23.3. The lowest BCUT2D eigenvalue weighted by molar-refractivity contribution is -0.0580. The molecule has 1 aromatic heterocycles. The van der Waals surface area contributed by atoms with Gasteiger partial charge >= 0.3 is 25.2 Å². The molecule has 0 saturated heterocycles. The lowest BCUT2D eigenvalue weighted by Gasteiger charge is -2.14. The molecule has 0 aliphatic heterocycles. The van der Waals surface area contributed by atoms with E-state index in [1.807, 2.05) is 0 Å². The van der Waals surface area contributed by atoms with Gasteiger partial charge in [0.1, 0.15) is 4.90 Å². The van der Waals surface area contributed by atoms with Crippen LogP contribution >= 0.6 is 0 Å². The van der Waals surface area contributed by atoms with Gasteiger partial charge in [0.15, 0.2) is 5.82 Å². The molecule has 0 fully saturated rings. The topological polar surface area (TPSA) is 160 Å². The van der Waals surface area contributed by atoms with E-state index < -0.39 is 68.9 Å². The second-order valence-corrected chi connectivity index (χ2v) is 6.92. The first-order valence-electron chi connectivity index (χ1n) is 7.77. The lowest BCUT2D eigenvalue weighted by Crippen LogP contribution is -2.35. The van der Waals surface area contributed by atoms with Crippen molar-refractivity contribution in [2.45, 2.75) is 18.1 Å². The van der Waals surface area contributed by atoms with E-state index in [4.69, 9.17) is 5.73 Å². The van der Waals surface area contributed by atoms with Crippen LogP contribution in [0.25, 0.3) is 11.4 Å². The average Bonchev–Trinajstić information content (AvgIpc) is 2.64. The van der Waals surface area contributed by atoms with Crippen molar-refractivity contribution in [2.24, 2.45) is 5.73 Å². The Morgan fingerprint density at radius 1 is 1.06 bits per heavy atom. The summed E-state index contributed by atoms with van der Waals surface area (Å²) in [5.41, 5.74) is 3.60. The first-order valence-corrected chi connectivity index (χ1v) is 9.25. The summed E-state index contributed by atoms with van der Waals surface area (Å²) in [7, 11) is -3.83. The molecule has 2 amide bonds. The van der Waals surface area contributed by atoms with Gasteiger partial charge < -0.3 is 19.9 Å². The molecule has 0 unspecified atom stereocenters. The lowest BCUT2D eigenvalue weighted by atomic mass is 10.1. The largest absolute Gasteiger partial charge is 0.465 e. The highest BCUT2D eigenvalue weighted by atomic mass is 32.2. The highest BCUT2D eigenvalue weighted by Crippen LogP contribution is 2.31. The number of halogens is 4. The number of ether oxygens (including phenoxy) is 3. The van der Waals surface area contributed by atoms with Crippen LogP contribution in [0.4, 0.5) is 22.4 Å². The van der Waals surface area contributed by atoms with Crippen molar-refractivity contribution >= 4 is 22.0 Å². The maximum Gasteiger partial charge on any atom is 0.388 e. The molecule has 3 N–H and O–H groups in total. The second kappa shape index (κ2) is 9.41. The molecule has 1 heterocycles. The van der Waals surface area contributed by atoms with Crippen LogP contribution in [-0.2, 0) is 14.8 Å². The molecule has 0 bridgehead atoms. The fraction of sp³-hybridized carbons (Fsp3) is 0.200. The highest BCUT2D eigenvalue weighted by Gasteiger charge is 2.29. The van der Waals surface area contributed by atoms with Crippen LogP contribution in [0.5, 0.6) is 11.8 Å². The number of benzene rings is 1. The molecule has 16 heteroatoms. The zero-order valence-corrected chi connectivity index (χ0v) is 16.0. The maximum absolute atomic E-state index is 12.6. The Morgan fingerprint density at radius 2 is 1.61 bits per heavy atom. The van der Waals surface area contributed by atoms with Gasteiger partial charge in [0.2, 0.25) is 11.8 Å². The monoisotopic (exact) mass is 468 g/mol. The average molecular weight is 468 g/mol. The molecular weight excluding hydrogens is 456 g/mol. The molecule has 168 valence electrons. The van der Waals surface area contributed by atoms with Crippen LogP contribution in [0, 0.1) is 0 Å². The number of carbonyl (C=O) groups is 2. The number of rotatable bonds is 8. The molecule has 11 nitrogen and oxygen atoms in total. The summed E-state index contributed by atoms with van der Waals surface area (Å²) in [5, 5.41) is 0. The number of aromatic nitrogens is 2. The van der Waals surface area contributed by atoms with Gasteiger partial charge in [0.05, 0.1) is 18.7 Å². The fourth-order valence-electron chi connectivity index (χ4n) is 2.27. The third-order valence-electron chi connectivity index (χ3n) is 3.28. The number of esters is 1. The quantitative estimate of drug-likeness (QED) is 0.432. The summed E-state index contributed by atoms with van der Waals surface area (Å²) in [5.74, 6) is -3.82. The molecule has 2 aromatic rings. The van der Waals surface area contributed by atoms with E-state index in [-0.39, 0.29) is 0 Å². The van der Waals surface area contributed by atoms with Gasteiger partial charge in [0.25, 0.3) is 10.0 Å². The Kier molecular flexibility index (Phi) is 7.16. The maximum atomic E-state index is 12.6. The Bertz CT molecular complexity index is 1070. The van der Waals surface area contributed by atoms with Crippen molar-refractivity contribution in [2.75, 3.05) is 7.11 Å². The smallest absolute Gasteiger partial charge is 0.388 e. The predicted molar refractivity (Wildman–Crippen MR) is 92.0 cm³/mol. The number of hydrogen-bond donors (Lipinski definition) is 2. The summed E-state index contributed by atoms with van der Waals surface area (Å²) >= 11 is 0. The minimum Gasteiger partial charge on any atom is -0.465 e. The standard InChI is InChI=1S/C15H12F4N4O7S/c1-28-12(24)10-6(3-2-4-7(10)31(26,27)23-15(20)25)11-21-8(29-13(16)17)5-9(22-11)30-14(18)19/h2-5,13-14H,1H3,(H3,20,23,25). The van der Waals surface area contributed by atoms with Crippen LogP contribution in [0.2, 0.25) is 0 Å². The summed E-state index contributed by atoms with van der Waals surface area (Å²) in [6.45, 7) is -6.82. The number of nitrogens with one attached hydrogen (secondary N) is 1. The van der Waals surface area contributed by atoms with E-state index in [1.54, 1.807) is 0 Å². The van der Waals surface area contributed by atoms with Gasteiger partial charge in [-0.3, -0.25) is 0 Å².